The van der Waals surface area contributed by atoms with Crippen LogP contribution in [0.1, 0.15) is 93.3 Å². The van der Waals surface area contributed by atoms with Crippen molar-refractivity contribution < 1.29 is 38.1 Å². The molecule has 5 aliphatic rings. The molecular weight excluding hydrogens is 843 g/mol. The number of para-hydroxylation sites is 2. The number of benzene rings is 3. The number of allylic oxidation sites excluding steroid dienone is 1. The standard InChI is InChI=1S/C56H66N3O8/c1-35(2)18-20-40-28-53(51(63-6)29-46(40)55(61)58-37(5)23-41-13-8-10-16-49(41)58)66-33-38-24-39(26-45(25-38)65-22-12-15-44(60)21-19-36(3)4)34-67-54-31-48-47(30-52(54)64-7)56(62)59-43(32-57-48)27-42-14-9-11-17-50(42)59/h8-11,13-14,16-17,19,26,28-32,36-38,43,45,52,54H,1,12,15,18,20-25,27,33-34H2,2-7H3/q-1. The SMILES string of the molecule is C=C(C)CCc1cc(OCC2CC(COC3C=C4N=CC5Cc6ccccc6N5C(=O)C4=CC3OC)=CC(OCCCC(=O)C[CH-]C(C)C)C2)c(OC)cc1C(=O)N1c2ccccc2CC1C. The molecule has 354 valence electrons. The molecule has 0 bridgehead atoms. The lowest BCUT2D eigenvalue weighted by atomic mass is 9.87. The molecule has 0 fully saturated rings. The number of Topliss-reactive ketones (excluding diaryl/α,β-unsaturated/α-hetero) is 1. The third-order valence-corrected chi connectivity index (χ3v) is 13.5. The molecule has 3 heterocycles. The van der Waals surface area contributed by atoms with Crippen LogP contribution in [0.15, 0.2) is 113 Å². The van der Waals surface area contributed by atoms with E-state index in [1.54, 1.807) is 14.2 Å². The van der Waals surface area contributed by atoms with Crippen LogP contribution in [0.3, 0.4) is 0 Å². The first-order chi connectivity index (χ1) is 32.4. The maximum Gasteiger partial charge on any atom is 0.260 e. The van der Waals surface area contributed by atoms with Gasteiger partial charge in [-0.15, -0.1) is 13.0 Å². The van der Waals surface area contributed by atoms with Crippen LogP contribution in [0.2, 0.25) is 0 Å². The minimum absolute atomic E-state index is 0.0210. The molecule has 8 rings (SSSR count). The van der Waals surface area contributed by atoms with Crippen molar-refractivity contribution in [2.75, 3.05) is 43.8 Å². The van der Waals surface area contributed by atoms with Crippen LogP contribution in [0, 0.1) is 18.3 Å². The maximum atomic E-state index is 14.5. The first-order valence-electron chi connectivity index (χ1n) is 24.0. The van der Waals surface area contributed by atoms with Gasteiger partial charge >= 0.3 is 0 Å². The summed E-state index contributed by atoms with van der Waals surface area (Å²) in [5.41, 5.74) is 8.84. The number of carbonyl (C=O) groups excluding carboxylic acids is 3. The number of ketones is 1. The molecule has 6 atom stereocenters. The Morgan fingerprint density at radius 2 is 1.67 bits per heavy atom. The van der Waals surface area contributed by atoms with Crippen molar-refractivity contribution in [3.05, 3.63) is 137 Å². The van der Waals surface area contributed by atoms with E-state index in [9.17, 15) is 14.4 Å². The molecular formula is C56H66N3O8-. The zero-order valence-electron chi connectivity index (χ0n) is 40.0. The molecule has 0 N–H and O–H groups in total. The zero-order valence-corrected chi connectivity index (χ0v) is 40.0. The second-order valence-corrected chi connectivity index (χ2v) is 19.1. The number of methoxy groups -OCH3 is 2. The number of hydrogen-bond acceptors (Lipinski definition) is 9. The second kappa shape index (κ2) is 21.6. The Labute approximate surface area is 396 Å². The Hall–Kier alpha value is -5.62. The van der Waals surface area contributed by atoms with Crippen molar-refractivity contribution in [2.24, 2.45) is 16.8 Å². The lowest BCUT2D eigenvalue weighted by Gasteiger charge is -2.31. The van der Waals surface area contributed by atoms with E-state index in [0.29, 0.717) is 92.6 Å². The summed E-state index contributed by atoms with van der Waals surface area (Å²) in [6.07, 6.45) is 14.5. The summed E-state index contributed by atoms with van der Waals surface area (Å²) >= 11 is 0. The van der Waals surface area contributed by atoms with Gasteiger partial charge in [0.25, 0.3) is 11.8 Å². The van der Waals surface area contributed by atoms with Crippen LogP contribution in [0.4, 0.5) is 11.4 Å². The molecule has 3 aromatic carbocycles. The minimum Gasteiger partial charge on any atom is -0.493 e. The van der Waals surface area contributed by atoms with Gasteiger partial charge in [-0.1, -0.05) is 61.9 Å². The van der Waals surface area contributed by atoms with E-state index in [-0.39, 0.29) is 41.7 Å². The number of ether oxygens (including phenoxy) is 5. The topological polar surface area (TPSA) is 116 Å². The van der Waals surface area contributed by atoms with Crippen LogP contribution in [-0.4, -0.2) is 88.2 Å². The largest absolute Gasteiger partial charge is 0.493 e. The van der Waals surface area contributed by atoms with Gasteiger partial charge in [0, 0.05) is 55.8 Å². The summed E-state index contributed by atoms with van der Waals surface area (Å²) in [6, 6.07) is 19.8. The quantitative estimate of drug-likeness (QED) is 0.0626. The Morgan fingerprint density at radius 1 is 0.910 bits per heavy atom. The van der Waals surface area contributed by atoms with Gasteiger partial charge in [-0.25, -0.2) is 0 Å². The van der Waals surface area contributed by atoms with E-state index in [2.05, 4.69) is 52.0 Å². The third-order valence-electron chi connectivity index (χ3n) is 13.5. The average Bonchev–Trinajstić information content (AvgIpc) is 3.83. The minimum atomic E-state index is -0.502. The number of hydrogen-bond donors (Lipinski definition) is 0. The fourth-order valence-corrected chi connectivity index (χ4v) is 9.96. The molecule has 0 spiro atoms. The molecule has 0 saturated carbocycles. The maximum absolute atomic E-state index is 14.5. The smallest absolute Gasteiger partial charge is 0.260 e. The summed E-state index contributed by atoms with van der Waals surface area (Å²) in [5.74, 6) is 1.57. The van der Waals surface area contributed by atoms with E-state index in [4.69, 9.17) is 28.7 Å². The highest BCUT2D eigenvalue weighted by atomic mass is 16.5. The van der Waals surface area contributed by atoms with Crippen molar-refractivity contribution in [2.45, 2.75) is 116 Å². The lowest BCUT2D eigenvalue weighted by molar-refractivity contribution is -0.119. The predicted octanol–water partition coefficient (Wildman–Crippen LogP) is 9.76. The summed E-state index contributed by atoms with van der Waals surface area (Å²) in [4.78, 5) is 49.7. The summed E-state index contributed by atoms with van der Waals surface area (Å²) in [6.45, 7) is 13.5. The van der Waals surface area contributed by atoms with E-state index in [1.165, 1.54) is 5.56 Å². The Kier molecular flexibility index (Phi) is 15.4. The van der Waals surface area contributed by atoms with Gasteiger partial charge in [0.05, 0.1) is 43.7 Å². The number of anilines is 2. The van der Waals surface area contributed by atoms with Crippen molar-refractivity contribution >= 4 is 35.2 Å². The molecule has 0 radical (unpaired) electrons. The number of aryl methyl sites for hydroxylation is 1. The molecule has 6 unspecified atom stereocenters. The second-order valence-electron chi connectivity index (χ2n) is 19.1. The van der Waals surface area contributed by atoms with Gasteiger partial charge in [-0.05, 0) is 117 Å². The highest BCUT2D eigenvalue weighted by molar-refractivity contribution is 6.14. The molecule has 3 aromatic rings. The highest BCUT2D eigenvalue weighted by Gasteiger charge is 2.40. The van der Waals surface area contributed by atoms with E-state index < -0.39 is 12.2 Å². The van der Waals surface area contributed by atoms with Crippen LogP contribution in [0.5, 0.6) is 11.5 Å². The number of rotatable bonds is 20. The highest BCUT2D eigenvalue weighted by Crippen LogP contribution is 2.40. The third kappa shape index (κ3) is 11.1. The first-order valence-corrected chi connectivity index (χ1v) is 24.0. The molecule has 3 aliphatic heterocycles. The molecule has 0 aromatic heterocycles. The molecule has 2 amide bonds. The Balaban J connectivity index is 0.984. The fourth-order valence-electron chi connectivity index (χ4n) is 9.96. The summed E-state index contributed by atoms with van der Waals surface area (Å²) in [5, 5.41) is 0. The number of nitrogens with zero attached hydrogens (tertiary/aromatic N) is 3. The monoisotopic (exact) mass is 908 g/mol. The van der Waals surface area contributed by atoms with Crippen LogP contribution >= 0.6 is 0 Å². The van der Waals surface area contributed by atoms with Gasteiger partial charge in [0.15, 0.2) is 11.5 Å². The van der Waals surface area contributed by atoms with Gasteiger partial charge in [0.1, 0.15) is 18.0 Å². The van der Waals surface area contributed by atoms with Crippen LogP contribution in [0.25, 0.3) is 0 Å². The number of carbonyl (C=O) groups is 3. The number of aliphatic imine (C=N–C) groups is 1. The van der Waals surface area contributed by atoms with Gasteiger partial charge in [0.2, 0.25) is 0 Å². The van der Waals surface area contributed by atoms with E-state index >= 15 is 0 Å². The van der Waals surface area contributed by atoms with E-state index in [1.807, 2.05) is 83.6 Å². The predicted molar refractivity (Wildman–Crippen MR) is 263 cm³/mol. The Morgan fingerprint density at radius 3 is 2.42 bits per heavy atom. The Bertz CT molecular complexity index is 2470. The fraction of sp³-hybridized carbons (Fsp3) is 0.446. The van der Waals surface area contributed by atoms with Crippen molar-refractivity contribution in [1.82, 2.24) is 0 Å². The van der Waals surface area contributed by atoms with E-state index in [0.717, 1.165) is 52.9 Å². The van der Waals surface area contributed by atoms with Gasteiger partial charge in [-0.2, -0.15) is 5.92 Å². The number of amides is 2. The zero-order chi connectivity index (χ0) is 47.2. The van der Waals surface area contributed by atoms with Gasteiger partial charge in [-0.3, -0.25) is 19.5 Å². The lowest BCUT2D eigenvalue weighted by Crippen LogP contribution is -2.40. The van der Waals surface area contributed by atoms with Gasteiger partial charge < -0.3 is 39.8 Å². The van der Waals surface area contributed by atoms with Crippen molar-refractivity contribution in [3.63, 3.8) is 0 Å². The summed E-state index contributed by atoms with van der Waals surface area (Å²) < 4.78 is 31.7. The molecule has 11 heteroatoms. The average molecular weight is 909 g/mol. The van der Waals surface area contributed by atoms with Crippen LogP contribution in [-0.2, 0) is 43.1 Å². The van der Waals surface area contributed by atoms with Crippen LogP contribution < -0.4 is 19.3 Å². The number of fused-ring (bicyclic) bond motifs is 5. The summed E-state index contributed by atoms with van der Waals surface area (Å²) in [7, 11) is 3.24. The molecule has 67 heavy (non-hydrogen) atoms. The van der Waals surface area contributed by atoms with Crippen molar-refractivity contribution in [1.29, 1.82) is 0 Å². The van der Waals surface area contributed by atoms with Crippen molar-refractivity contribution in [3.8, 4) is 11.5 Å². The molecule has 11 nitrogen and oxygen atoms in total. The first kappa shape index (κ1) is 47.9. The molecule has 2 aliphatic carbocycles. The normalized spacial score (nSPS) is 22.9. The molecule has 0 saturated heterocycles.